The molecule has 4 heteroatoms. The summed E-state index contributed by atoms with van der Waals surface area (Å²) in [6.45, 7) is 4.92. The van der Waals surface area contributed by atoms with E-state index < -0.39 is 0 Å². The molecule has 2 rings (SSSR count). The molecule has 4 nitrogen and oxygen atoms in total. The zero-order valence-corrected chi connectivity index (χ0v) is 9.55. The van der Waals surface area contributed by atoms with Crippen molar-refractivity contribution in [3.05, 3.63) is 39.8 Å². The normalized spacial score (nSPS) is 18.6. The van der Waals surface area contributed by atoms with Gasteiger partial charge in [0.25, 0.3) is 0 Å². The van der Waals surface area contributed by atoms with E-state index in [1.807, 2.05) is 6.07 Å². The van der Waals surface area contributed by atoms with Crippen LogP contribution in [0, 0.1) is 0 Å². The fourth-order valence-corrected chi connectivity index (χ4v) is 1.94. The lowest BCUT2D eigenvalue weighted by Gasteiger charge is -2.23. The van der Waals surface area contributed by atoms with Gasteiger partial charge in [-0.15, -0.1) is 0 Å². The van der Waals surface area contributed by atoms with Crippen molar-refractivity contribution in [1.82, 2.24) is 0 Å². The summed E-state index contributed by atoms with van der Waals surface area (Å²) in [6, 6.07) is 6.07. The van der Waals surface area contributed by atoms with Crippen molar-refractivity contribution in [1.29, 1.82) is 0 Å². The summed E-state index contributed by atoms with van der Waals surface area (Å²) in [5, 5.41) is 3.83. The molecule has 1 unspecified atom stereocenters. The molecular formula is C12H15N3O. The Kier molecular flexibility index (Phi) is 3.02. The lowest BCUT2D eigenvalue weighted by Crippen LogP contribution is -2.12. The molecule has 1 atom stereocenters. The molecule has 0 saturated heterocycles. The number of benzene rings is 1. The first-order chi connectivity index (χ1) is 7.72. The largest absolute Gasteiger partial charge is 0.493 e. The number of rotatable bonds is 2. The van der Waals surface area contributed by atoms with Crippen molar-refractivity contribution in [2.75, 3.05) is 6.61 Å². The van der Waals surface area contributed by atoms with Crippen molar-refractivity contribution in [3.63, 3.8) is 0 Å². The maximum absolute atomic E-state index is 8.54. The third-order valence-electron chi connectivity index (χ3n) is 2.90. The van der Waals surface area contributed by atoms with Crippen LogP contribution in [0.1, 0.15) is 43.4 Å². The molecule has 1 aliphatic rings. The molecule has 0 radical (unpaired) electrons. The molecule has 0 bridgehead atoms. The van der Waals surface area contributed by atoms with Crippen LogP contribution in [-0.4, -0.2) is 6.61 Å². The zero-order chi connectivity index (χ0) is 11.5. The van der Waals surface area contributed by atoms with Gasteiger partial charge < -0.3 is 4.74 Å². The molecule has 1 heterocycles. The van der Waals surface area contributed by atoms with Crippen LogP contribution < -0.4 is 4.74 Å². The van der Waals surface area contributed by atoms with E-state index in [9.17, 15) is 0 Å². The second-order valence-electron chi connectivity index (χ2n) is 4.31. The molecule has 84 valence electrons. The van der Waals surface area contributed by atoms with Gasteiger partial charge in [0, 0.05) is 10.5 Å². The van der Waals surface area contributed by atoms with E-state index in [0.29, 0.717) is 12.5 Å². The Balaban J connectivity index is 2.44. The molecule has 1 aliphatic heterocycles. The standard InChI is InChI=1S/C12H15N3O/c1-8(2)9-3-4-12-10(7-9)11(14-15-13)5-6-16-12/h3-4,7-8,11H,5-6H2,1-2H3. The lowest BCUT2D eigenvalue weighted by atomic mass is 9.95. The Morgan fingerprint density at radius 1 is 1.50 bits per heavy atom. The highest BCUT2D eigenvalue weighted by molar-refractivity contribution is 5.41. The molecule has 16 heavy (non-hydrogen) atoms. The van der Waals surface area contributed by atoms with Gasteiger partial charge in [-0.25, -0.2) is 0 Å². The summed E-state index contributed by atoms with van der Waals surface area (Å²) in [4.78, 5) is 2.90. The van der Waals surface area contributed by atoms with E-state index in [0.717, 1.165) is 17.7 Å². The quantitative estimate of drug-likeness (QED) is 0.420. The predicted molar refractivity (Wildman–Crippen MR) is 62.5 cm³/mol. The predicted octanol–water partition coefficient (Wildman–Crippen LogP) is 3.94. The molecule has 0 amide bonds. The number of hydrogen-bond acceptors (Lipinski definition) is 2. The molecule has 0 fully saturated rings. The molecule has 0 N–H and O–H groups in total. The van der Waals surface area contributed by atoms with Crippen molar-refractivity contribution in [2.45, 2.75) is 32.2 Å². The van der Waals surface area contributed by atoms with Crippen LogP contribution in [0.5, 0.6) is 5.75 Å². The smallest absolute Gasteiger partial charge is 0.122 e. The van der Waals surface area contributed by atoms with Crippen molar-refractivity contribution >= 4 is 0 Å². The van der Waals surface area contributed by atoms with E-state index >= 15 is 0 Å². The van der Waals surface area contributed by atoms with E-state index in [2.05, 4.69) is 36.0 Å². The summed E-state index contributed by atoms with van der Waals surface area (Å²) in [6.07, 6.45) is 0.763. The summed E-state index contributed by atoms with van der Waals surface area (Å²) < 4.78 is 5.55. The first-order valence-electron chi connectivity index (χ1n) is 5.53. The Morgan fingerprint density at radius 3 is 3.00 bits per heavy atom. The van der Waals surface area contributed by atoms with Gasteiger partial charge in [0.2, 0.25) is 0 Å². The highest BCUT2D eigenvalue weighted by atomic mass is 16.5. The zero-order valence-electron chi connectivity index (χ0n) is 9.55. The average molecular weight is 217 g/mol. The van der Waals surface area contributed by atoms with E-state index in [-0.39, 0.29) is 6.04 Å². The molecule has 0 aliphatic carbocycles. The summed E-state index contributed by atoms with van der Waals surface area (Å²) in [5.74, 6) is 1.33. The van der Waals surface area contributed by atoms with Gasteiger partial charge in [0.1, 0.15) is 5.75 Å². The van der Waals surface area contributed by atoms with E-state index in [4.69, 9.17) is 10.3 Å². The number of azide groups is 1. The Labute approximate surface area is 94.9 Å². The van der Waals surface area contributed by atoms with Crippen LogP contribution in [0.3, 0.4) is 0 Å². The Hall–Kier alpha value is -1.67. The van der Waals surface area contributed by atoms with Gasteiger partial charge in [0.15, 0.2) is 0 Å². The van der Waals surface area contributed by atoms with Gasteiger partial charge in [0.05, 0.1) is 12.6 Å². The first-order valence-corrected chi connectivity index (χ1v) is 5.53. The molecule has 0 spiro atoms. The fourth-order valence-electron chi connectivity index (χ4n) is 1.94. The number of ether oxygens (including phenoxy) is 1. The van der Waals surface area contributed by atoms with Gasteiger partial charge in [-0.05, 0) is 29.5 Å². The van der Waals surface area contributed by atoms with Crippen LogP contribution in [0.15, 0.2) is 23.3 Å². The second-order valence-corrected chi connectivity index (χ2v) is 4.31. The highest BCUT2D eigenvalue weighted by Crippen LogP contribution is 2.36. The SMILES string of the molecule is CC(C)c1ccc2c(c1)C(N=[N+]=[N-])CCO2. The number of nitrogens with zero attached hydrogens (tertiary/aromatic N) is 3. The highest BCUT2D eigenvalue weighted by Gasteiger charge is 2.20. The number of hydrogen-bond donors (Lipinski definition) is 0. The summed E-state index contributed by atoms with van der Waals surface area (Å²) in [5.41, 5.74) is 10.8. The Bertz CT molecular complexity index is 436. The third kappa shape index (κ3) is 1.97. The maximum atomic E-state index is 8.54. The second kappa shape index (κ2) is 4.45. The minimum absolute atomic E-state index is 0.0764. The maximum Gasteiger partial charge on any atom is 0.122 e. The van der Waals surface area contributed by atoms with Crippen LogP contribution >= 0.6 is 0 Å². The molecular weight excluding hydrogens is 202 g/mol. The van der Waals surface area contributed by atoms with E-state index in [1.54, 1.807) is 0 Å². The topological polar surface area (TPSA) is 58.0 Å². The van der Waals surface area contributed by atoms with Gasteiger partial charge in [-0.2, -0.15) is 0 Å². The minimum Gasteiger partial charge on any atom is -0.493 e. The third-order valence-corrected chi connectivity index (χ3v) is 2.90. The molecule has 1 aromatic carbocycles. The van der Waals surface area contributed by atoms with Crippen molar-refractivity contribution in [2.24, 2.45) is 5.11 Å². The van der Waals surface area contributed by atoms with Crippen molar-refractivity contribution in [3.8, 4) is 5.75 Å². The van der Waals surface area contributed by atoms with Crippen LogP contribution in [0.2, 0.25) is 0 Å². The van der Waals surface area contributed by atoms with E-state index in [1.165, 1.54) is 5.56 Å². The molecule has 0 saturated carbocycles. The van der Waals surface area contributed by atoms with Gasteiger partial charge in [-0.1, -0.05) is 31.1 Å². The van der Waals surface area contributed by atoms with Gasteiger partial charge in [-0.3, -0.25) is 0 Å². The monoisotopic (exact) mass is 217 g/mol. The summed E-state index contributed by atoms with van der Waals surface area (Å²) >= 11 is 0. The van der Waals surface area contributed by atoms with Gasteiger partial charge >= 0.3 is 0 Å². The van der Waals surface area contributed by atoms with Crippen molar-refractivity contribution < 1.29 is 4.74 Å². The molecule has 0 aromatic heterocycles. The Morgan fingerprint density at radius 2 is 2.31 bits per heavy atom. The van der Waals surface area contributed by atoms with Crippen LogP contribution in [0.4, 0.5) is 0 Å². The molecule has 1 aromatic rings. The fraction of sp³-hybridized carbons (Fsp3) is 0.500. The lowest BCUT2D eigenvalue weighted by molar-refractivity contribution is 0.268. The van der Waals surface area contributed by atoms with Crippen LogP contribution in [0.25, 0.3) is 10.4 Å². The summed E-state index contributed by atoms with van der Waals surface area (Å²) in [7, 11) is 0. The number of fused-ring (bicyclic) bond motifs is 1. The van der Waals surface area contributed by atoms with Crippen LogP contribution in [-0.2, 0) is 0 Å². The minimum atomic E-state index is -0.0764. The average Bonchev–Trinajstić information content (AvgIpc) is 2.29. The first kappa shape index (κ1) is 10.8.